The van der Waals surface area contributed by atoms with Gasteiger partial charge in [-0.15, -0.1) is 0 Å². The molecule has 0 aromatic heterocycles. The van der Waals surface area contributed by atoms with E-state index in [1.165, 1.54) is 12.1 Å². The van der Waals surface area contributed by atoms with Gasteiger partial charge in [0.25, 0.3) is 5.91 Å². The lowest BCUT2D eigenvalue weighted by Crippen LogP contribution is -2.32. The van der Waals surface area contributed by atoms with Crippen LogP contribution in [0.5, 0.6) is 0 Å². The Labute approximate surface area is 121 Å². The normalized spacial score (nSPS) is 12.2. The fourth-order valence-corrected chi connectivity index (χ4v) is 2.47. The van der Waals surface area contributed by atoms with Crippen LogP contribution in [0.4, 0.5) is 5.69 Å². The van der Waals surface area contributed by atoms with Gasteiger partial charge in [0.2, 0.25) is 0 Å². The number of benzene rings is 1. The Bertz CT molecular complexity index is 417. The second-order valence-electron chi connectivity index (χ2n) is 4.01. The van der Waals surface area contributed by atoms with Gasteiger partial charge in [0.15, 0.2) is 0 Å². The van der Waals surface area contributed by atoms with Crippen molar-refractivity contribution in [3.8, 4) is 0 Å². The number of nitrogens with one attached hydrogen (secondary N) is 1. The molecule has 18 heavy (non-hydrogen) atoms. The van der Waals surface area contributed by atoms with E-state index in [4.69, 9.17) is 28.9 Å². The van der Waals surface area contributed by atoms with Crippen molar-refractivity contribution in [1.29, 1.82) is 0 Å². The minimum absolute atomic E-state index is 0.111. The standard InChI is InChI=1S/C12H16Cl2N2OS/c1-7(3-4-18-2)16-12(17)8-5-9(13)11(15)10(14)6-8/h5-7H,3-4,15H2,1-2H3,(H,16,17). The molecule has 0 heterocycles. The molecule has 1 unspecified atom stereocenters. The monoisotopic (exact) mass is 306 g/mol. The highest BCUT2D eigenvalue weighted by molar-refractivity contribution is 7.98. The molecule has 0 saturated carbocycles. The molecule has 1 atom stereocenters. The minimum Gasteiger partial charge on any atom is -0.396 e. The minimum atomic E-state index is -0.188. The highest BCUT2D eigenvalue weighted by Crippen LogP contribution is 2.28. The summed E-state index contributed by atoms with van der Waals surface area (Å²) in [6.45, 7) is 1.97. The molecule has 0 aliphatic heterocycles. The largest absolute Gasteiger partial charge is 0.396 e. The van der Waals surface area contributed by atoms with Crippen LogP contribution in [-0.4, -0.2) is 24.0 Å². The van der Waals surface area contributed by atoms with Gasteiger partial charge < -0.3 is 11.1 Å². The van der Waals surface area contributed by atoms with E-state index in [9.17, 15) is 4.79 Å². The number of halogens is 2. The van der Waals surface area contributed by atoms with Crippen molar-refractivity contribution in [3.05, 3.63) is 27.7 Å². The van der Waals surface area contributed by atoms with Crippen LogP contribution < -0.4 is 11.1 Å². The Morgan fingerprint density at radius 1 is 1.44 bits per heavy atom. The van der Waals surface area contributed by atoms with Crippen LogP contribution in [0.2, 0.25) is 10.0 Å². The Morgan fingerprint density at radius 2 is 2.00 bits per heavy atom. The predicted molar refractivity (Wildman–Crippen MR) is 80.8 cm³/mol. The van der Waals surface area contributed by atoms with Crippen molar-refractivity contribution >= 4 is 46.6 Å². The molecule has 0 bridgehead atoms. The zero-order valence-electron chi connectivity index (χ0n) is 10.3. The van der Waals surface area contributed by atoms with E-state index in [-0.39, 0.29) is 11.9 Å². The van der Waals surface area contributed by atoms with E-state index >= 15 is 0 Å². The molecule has 1 rings (SSSR count). The van der Waals surface area contributed by atoms with Gasteiger partial charge in [0, 0.05) is 11.6 Å². The van der Waals surface area contributed by atoms with Gasteiger partial charge in [-0.2, -0.15) is 11.8 Å². The van der Waals surface area contributed by atoms with Gasteiger partial charge in [0.05, 0.1) is 15.7 Å². The Kier molecular flexibility index (Phi) is 6.12. The van der Waals surface area contributed by atoms with Gasteiger partial charge in [0.1, 0.15) is 0 Å². The fourth-order valence-electron chi connectivity index (χ4n) is 1.39. The Morgan fingerprint density at radius 3 is 2.50 bits per heavy atom. The van der Waals surface area contributed by atoms with Crippen LogP contribution in [0.3, 0.4) is 0 Å². The van der Waals surface area contributed by atoms with E-state index in [0.717, 1.165) is 12.2 Å². The molecule has 0 spiro atoms. The molecule has 100 valence electrons. The third kappa shape index (κ3) is 4.26. The smallest absolute Gasteiger partial charge is 0.251 e. The summed E-state index contributed by atoms with van der Waals surface area (Å²) < 4.78 is 0. The van der Waals surface area contributed by atoms with Gasteiger partial charge in [-0.05, 0) is 37.5 Å². The molecular formula is C12H16Cl2N2OS. The van der Waals surface area contributed by atoms with Gasteiger partial charge >= 0.3 is 0 Å². The first-order valence-corrected chi connectivity index (χ1v) is 7.65. The number of hydrogen-bond donors (Lipinski definition) is 2. The first-order valence-electron chi connectivity index (χ1n) is 5.50. The first kappa shape index (κ1) is 15.5. The topological polar surface area (TPSA) is 55.1 Å². The molecule has 0 radical (unpaired) electrons. The lowest BCUT2D eigenvalue weighted by atomic mass is 10.1. The number of carbonyl (C=O) groups excluding carboxylic acids is 1. The quantitative estimate of drug-likeness (QED) is 0.819. The second kappa shape index (κ2) is 7.12. The molecule has 1 aromatic rings. The Hall–Kier alpha value is -0.580. The number of rotatable bonds is 5. The number of carbonyl (C=O) groups is 1. The van der Waals surface area contributed by atoms with Crippen LogP contribution in [0.25, 0.3) is 0 Å². The summed E-state index contributed by atoms with van der Waals surface area (Å²) >= 11 is 13.5. The molecule has 0 fully saturated rings. The Balaban J connectivity index is 2.73. The van der Waals surface area contributed by atoms with Crippen molar-refractivity contribution < 1.29 is 4.79 Å². The van der Waals surface area contributed by atoms with E-state index in [1.54, 1.807) is 11.8 Å². The maximum absolute atomic E-state index is 12.0. The van der Waals surface area contributed by atoms with Crippen molar-refractivity contribution in [2.45, 2.75) is 19.4 Å². The van der Waals surface area contributed by atoms with E-state index < -0.39 is 0 Å². The van der Waals surface area contributed by atoms with Crippen molar-refractivity contribution in [2.24, 2.45) is 0 Å². The highest BCUT2D eigenvalue weighted by Gasteiger charge is 2.13. The highest BCUT2D eigenvalue weighted by atomic mass is 35.5. The maximum atomic E-state index is 12.0. The van der Waals surface area contributed by atoms with Crippen LogP contribution in [0.15, 0.2) is 12.1 Å². The average molecular weight is 307 g/mol. The number of thioether (sulfide) groups is 1. The summed E-state index contributed by atoms with van der Waals surface area (Å²) in [4.78, 5) is 12.0. The van der Waals surface area contributed by atoms with Crippen LogP contribution in [0, 0.1) is 0 Å². The molecule has 0 aliphatic rings. The molecule has 6 heteroatoms. The number of hydrogen-bond acceptors (Lipinski definition) is 3. The zero-order chi connectivity index (χ0) is 13.7. The molecule has 0 saturated heterocycles. The van der Waals surface area contributed by atoms with Gasteiger partial charge in [-0.1, -0.05) is 23.2 Å². The first-order chi connectivity index (χ1) is 8.45. The third-order valence-electron chi connectivity index (χ3n) is 2.47. The summed E-state index contributed by atoms with van der Waals surface area (Å²) in [6, 6.07) is 3.17. The number of nitrogens with two attached hydrogens (primary N) is 1. The summed E-state index contributed by atoms with van der Waals surface area (Å²) in [7, 11) is 0. The van der Waals surface area contributed by atoms with Gasteiger partial charge in [-0.25, -0.2) is 0 Å². The molecule has 3 nitrogen and oxygen atoms in total. The summed E-state index contributed by atoms with van der Waals surface area (Å²) in [5.41, 5.74) is 6.34. The molecular weight excluding hydrogens is 291 g/mol. The van der Waals surface area contributed by atoms with Crippen molar-refractivity contribution in [3.63, 3.8) is 0 Å². The third-order valence-corrected chi connectivity index (χ3v) is 3.74. The molecule has 1 aromatic carbocycles. The SMILES string of the molecule is CSCCC(C)NC(=O)c1cc(Cl)c(N)c(Cl)c1. The number of anilines is 1. The van der Waals surface area contributed by atoms with E-state index in [0.29, 0.717) is 21.3 Å². The summed E-state index contributed by atoms with van der Waals surface area (Å²) in [5.74, 6) is 0.817. The van der Waals surface area contributed by atoms with E-state index in [2.05, 4.69) is 5.32 Å². The van der Waals surface area contributed by atoms with Crippen LogP contribution >= 0.6 is 35.0 Å². The van der Waals surface area contributed by atoms with Crippen molar-refractivity contribution in [1.82, 2.24) is 5.32 Å². The number of amides is 1. The summed E-state index contributed by atoms with van der Waals surface area (Å²) in [5, 5.41) is 3.49. The lowest BCUT2D eigenvalue weighted by molar-refractivity contribution is 0.0939. The zero-order valence-corrected chi connectivity index (χ0v) is 12.6. The van der Waals surface area contributed by atoms with Crippen LogP contribution in [-0.2, 0) is 0 Å². The molecule has 3 N–H and O–H groups in total. The van der Waals surface area contributed by atoms with Crippen molar-refractivity contribution in [2.75, 3.05) is 17.7 Å². The number of nitrogen functional groups attached to an aromatic ring is 1. The molecule has 1 amide bonds. The fraction of sp³-hybridized carbons (Fsp3) is 0.417. The predicted octanol–water partition coefficient (Wildman–Crippen LogP) is 3.45. The molecule has 0 aliphatic carbocycles. The summed E-state index contributed by atoms with van der Waals surface area (Å²) in [6.07, 6.45) is 2.96. The maximum Gasteiger partial charge on any atom is 0.251 e. The van der Waals surface area contributed by atoms with E-state index in [1.807, 2.05) is 13.2 Å². The van der Waals surface area contributed by atoms with Crippen LogP contribution in [0.1, 0.15) is 23.7 Å². The second-order valence-corrected chi connectivity index (χ2v) is 5.81. The van der Waals surface area contributed by atoms with Gasteiger partial charge in [-0.3, -0.25) is 4.79 Å². The lowest BCUT2D eigenvalue weighted by Gasteiger charge is -2.14. The average Bonchev–Trinajstić information content (AvgIpc) is 2.32.